The number of alkyl halides is 1. The lowest BCUT2D eigenvalue weighted by molar-refractivity contribution is -0.205. The Kier molecular flexibility index (Phi) is 10.0. The minimum Gasteiger partial charge on any atom is -0.492 e. The van der Waals surface area contributed by atoms with E-state index < -0.39 is 47.3 Å². The fourth-order valence-electron chi connectivity index (χ4n) is 4.24. The number of nitrogens with one attached hydrogen (secondary N) is 2. The highest BCUT2D eigenvalue weighted by Gasteiger charge is 2.48. The van der Waals surface area contributed by atoms with E-state index >= 15 is 0 Å². The Balaban J connectivity index is 1.56. The Hall–Kier alpha value is -1.14. The molecule has 2 saturated heterocycles. The molecule has 33 heavy (non-hydrogen) atoms. The Bertz CT molecular complexity index is 746. The van der Waals surface area contributed by atoms with Gasteiger partial charge in [-0.15, -0.1) is 23.4 Å². The Morgan fingerprint density at radius 3 is 2.79 bits per heavy atom. The number of amides is 1. The molecule has 2 aliphatic rings. The van der Waals surface area contributed by atoms with E-state index in [1.54, 1.807) is 25.6 Å². The average Bonchev–Trinajstić information content (AvgIpc) is 3.06. The number of aliphatic hydroxyl groups excluding tert-OH is 3. The predicted molar refractivity (Wildman–Crippen MR) is 126 cm³/mol. The molecule has 0 aliphatic carbocycles. The quantitative estimate of drug-likeness (QED) is 0.321. The molecule has 0 spiro atoms. The lowest BCUT2D eigenvalue weighted by Crippen LogP contribution is -2.65. The standard InChI is InChI=1S/C22H34ClN3O6S/c1-12(23)16(20-18(28)17(27)19(29)22(32-20)33-2)26-21(30)15-6-5-13(7-9-25-15)11-31-14-4-3-8-24-10-14/h3-4,8,10,12-13,15-20,22,25,27-29H,5-7,9,11H2,1-2H3,(H,26,30). The van der Waals surface area contributed by atoms with Crippen LogP contribution in [0, 0.1) is 5.92 Å². The van der Waals surface area contributed by atoms with Gasteiger partial charge < -0.3 is 35.4 Å². The van der Waals surface area contributed by atoms with Gasteiger partial charge >= 0.3 is 0 Å². The number of pyridine rings is 1. The zero-order chi connectivity index (χ0) is 24.0. The summed E-state index contributed by atoms with van der Waals surface area (Å²) >= 11 is 7.57. The van der Waals surface area contributed by atoms with Gasteiger partial charge in [-0.3, -0.25) is 9.78 Å². The van der Waals surface area contributed by atoms with Gasteiger partial charge in [0.15, 0.2) is 0 Å². The van der Waals surface area contributed by atoms with Crippen LogP contribution in [-0.4, -0.2) is 92.9 Å². The van der Waals surface area contributed by atoms with Crippen molar-refractivity contribution >= 4 is 29.3 Å². The lowest BCUT2D eigenvalue weighted by Gasteiger charge is -2.44. The number of hydrogen-bond acceptors (Lipinski definition) is 9. The third-order valence-corrected chi connectivity index (χ3v) is 7.37. The zero-order valence-electron chi connectivity index (χ0n) is 18.8. The molecule has 11 heteroatoms. The van der Waals surface area contributed by atoms with Crippen molar-refractivity contribution in [2.24, 2.45) is 5.92 Å². The van der Waals surface area contributed by atoms with Crippen molar-refractivity contribution in [3.63, 3.8) is 0 Å². The van der Waals surface area contributed by atoms with Crippen LogP contribution in [0.5, 0.6) is 5.75 Å². The predicted octanol–water partition coefficient (Wildman–Crippen LogP) is 0.501. The highest BCUT2D eigenvalue weighted by Crippen LogP contribution is 2.30. The molecule has 0 aromatic carbocycles. The Morgan fingerprint density at radius 2 is 2.12 bits per heavy atom. The average molecular weight is 504 g/mol. The van der Waals surface area contributed by atoms with Crippen molar-refractivity contribution in [3.8, 4) is 5.75 Å². The maximum atomic E-state index is 13.1. The van der Waals surface area contributed by atoms with Crippen LogP contribution in [0.15, 0.2) is 24.5 Å². The van der Waals surface area contributed by atoms with E-state index in [0.29, 0.717) is 25.5 Å². The second kappa shape index (κ2) is 12.5. The van der Waals surface area contributed by atoms with E-state index in [2.05, 4.69) is 15.6 Å². The molecule has 0 saturated carbocycles. The second-order valence-corrected chi connectivity index (χ2v) is 10.3. The van der Waals surface area contributed by atoms with Gasteiger partial charge in [0, 0.05) is 6.20 Å². The molecule has 1 amide bonds. The number of thioether (sulfide) groups is 1. The molecule has 2 aliphatic heterocycles. The largest absolute Gasteiger partial charge is 0.492 e. The molecule has 1 aromatic rings. The number of rotatable bonds is 8. The molecule has 9 unspecified atom stereocenters. The fraction of sp³-hybridized carbons (Fsp3) is 0.727. The van der Waals surface area contributed by atoms with E-state index in [4.69, 9.17) is 21.1 Å². The number of halogens is 1. The maximum Gasteiger partial charge on any atom is 0.237 e. The molecule has 3 heterocycles. The summed E-state index contributed by atoms with van der Waals surface area (Å²) in [6.45, 7) is 2.92. The van der Waals surface area contributed by atoms with E-state index in [1.807, 2.05) is 12.1 Å². The van der Waals surface area contributed by atoms with Crippen LogP contribution >= 0.6 is 23.4 Å². The summed E-state index contributed by atoms with van der Waals surface area (Å²) in [6, 6.07) is 2.53. The Labute approximate surface area is 203 Å². The number of carbonyl (C=O) groups excluding carboxylic acids is 1. The van der Waals surface area contributed by atoms with Crippen molar-refractivity contribution in [3.05, 3.63) is 24.5 Å². The van der Waals surface area contributed by atoms with Crippen LogP contribution in [0.1, 0.15) is 26.2 Å². The number of hydrogen-bond donors (Lipinski definition) is 5. The normalized spacial score (nSPS) is 34.7. The first-order valence-electron chi connectivity index (χ1n) is 11.2. The third kappa shape index (κ3) is 6.94. The minimum absolute atomic E-state index is 0.238. The fourth-order valence-corrected chi connectivity index (χ4v) is 5.12. The molecule has 0 bridgehead atoms. The zero-order valence-corrected chi connectivity index (χ0v) is 20.4. The van der Waals surface area contributed by atoms with Crippen LogP contribution in [0.4, 0.5) is 0 Å². The first-order chi connectivity index (χ1) is 15.8. The van der Waals surface area contributed by atoms with Crippen molar-refractivity contribution in [1.82, 2.24) is 15.6 Å². The molecule has 1 aromatic heterocycles. The minimum atomic E-state index is -1.40. The lowest BCUT2D eigenvalue weighted by atomic mass is 9.92. The molecular weight excluding hydrogens is 470 g/mol. The summed E-state index contributed by atoms with van der Waals surface area (Å²) in [5, 5.41) is 36.5. The van der Waals surface area contributed by atoms with Gasteiger partial charge in [0.2, 0.25) is 5.91 Å². The van der Waals surface area contributed by atoms with Gasteiger partial charge in [0.05, 0.1) is 30.3 Å². The SMILES string of the molecule is CSC1OC(C(NC(=O)C2CCC(COc3cccnc3)CCN2)C(C)Cl)C(O)C(O)C1O. The topological polar surface area (TPSA) is 133 Å². The monoisotopic (exact) mass is 503 g/mol. The Morgan fingerprint density at radius 1 is 1.33 bits per heavy atom. The molecule has 0 radical (unpaired) electrons. The summed E-state index contributed by atoms with van der Waals surface area (Å²) < 4.78 is 11.6. The molecule has 186 valence electrons. The van der Waals surface area contributed by atoms with Crippen LogP contribution in [0.25, 0.3) is 0 Å². The van der Waals surface area contributed by atoms with E-state index in [-0.39, 0.29) is 5.91 Å². The van der Waals surface area contributed by atoms with E-state index in [9.17, 15) is 20.1 Å². The molecular formula is C22H34ClN3O6S. The molecule has 5 N–H and O–H groups in total. The summed E-state index contributed by atoms with van der Waals surface area (Å²) in [4.78, 5) is 17.1. The van der Waals surface area contributed by atoms with Crippen molar-refractivity contribution < 1.29 is 29.6 Å². The van der Waals surface area contributed by atoms with Gasteiger partial charge in [-0.2, -0.15) is 0 Å². The maximum absolute atomic E-state index is 13.1. The van der Waals surface area contributed by atoms with Gasteiger partial charge in [0.25, 0.3) is 0 Å². The first kappa shape index (κ1) is 26.5. The van der Waals surface area contributed by atoms with Gasteiger partial charge in [0.1, 0.15) is 35.6 Å². The highest BCUT2D eigenvalue weighted by molar-refractivity contribution is 7.99. The number of aromatic nitrogens is 1. The molecule has 2 fully saturated rings. The van der Waals surface area contributed by atoms with Gasteiger partial charge in [-0.1, -0.05) is 0 Å². The van der Waals surface area contributed by atoms with Crippen LogP contribution in [-0.2, 0) is 9.53 Å². The van der Waals surface area contributed by atoms with Gasteiger partial charge in [-0.05, 0) is 57.0 Å². The summed E-state index contributed by atoms with van der Waals surface area (Å²) in [6.07, 6.45) is 2.46. The van der Waals surface area contributed by atoms with Crippen LogP contribution in [0.2, 0.25) is 0 Å². The highest BCUT2D eigenvalue weighted by atomic mass is 35.5. The summed E-state index contributed by atoms with van der Waals surface area (Å²) in [7, 11) is 0. The molecule has 9 nitrogen and oxygen atoms in total. The number of nitrogens with zero attached hydrogens (tertiary/aromatic N) is 1. The number of carbonyl (C=O) groups is 1. The molecule has 9 atom stereocenters. The molecule has 3 rings (SSSR count). The number of aliphatic hydroxyl groups is 3. The summed E-state index contributed by atoms with van der Waals surface area (Å²) in [5.41, 5.74) is -0.736. The second-order valence-electron chi connectivity index (χ2n) is 8.63. The van der Waals surface area contributed by atoms with Crippen LogP contribution < -0.4 is 15.4 Å². The first-order valence-corrected chi connectivity index (χ1v) is 13.0. The smallest absolute Gasteiger partial charge is 0.237 e. The van der Waals surface area contributed by atoms with Crippen molar-refractivity contribution in [1.29, 1.82) is 0 Å². The van der Waals surface area contributed by atoms with E-state index in [1.165, 1.54) is 11.8 Å². The van der Waals surface area contributed by atoms with Crippen LogP contribution in [0.3, 0.4) is 0 Å². The summed E-state index contributed by atoms with van der Waals surface area (Å²) in [5.74, 6) is 0.795. The van der Waals surface area contributed by atoms with Gasteiger partial charge in [-0.25, -0.2) is 0 Å². The van der Waals surface area contributed by atoms with E-state index in [0.717, 1.165) is 18.6 Å². The van der Waals surface area contributed by atoms with Crippen molar-refractivity contribution in [2.75, 3.05) is 19.4 Å². The van der Waals surface area contributed by atoms with Crippen molar-refractivity contribution in [2.45, 2.75) is 73.5 Å². The number of ether oxygens (including phenoxy) is 2. The third-order valence-electron chi connectivity index (χ3n) is 6.24.